The zero-order chi connectivity index (χ0) is 18.4. The van der Waals surface area contributed by atoms with Crippen LogP contribution in [0.3, 0.4) is 0 Å². The highest BCUT2D eigenvalue weighted by Crippen LogP contribution is 2.27. The average molecular weight is 362 g/mol. The van der Waals surface area contributed by atoms with Crippen molar-refractivity contribution in [1.29, 1.82) is 0 Å². The van der Waals surface area contributed by atoms with Crippen molar-refractivity contribution in [1.82, 2.24) is 14.4 Å². The van der Waals surface area contributed by atoms with Crippen LogP contribution >= 0.6 is 11.3 Å². The van der Waals surface area contributed by atoms with Gasteiger partial charge in [0.05, 0.1) is 0 Å². The highest BCUT2D eigenvalue weighted by atomic mass is 32.1. The number of amides is 2. The van der Waals surface area contributed by atoms with Crippen LogP contribution in [0.2, 0.25) is 0 Å². The predicted molar refractivity (Wildman–Crippen MR) is 102 cm³/mol. The monoisotopic (exact) mass is 361 g/mol. The molecule has 2 aromatic heterocycles. The lowest BCUT2D eigenvalue weighted by Crippen LogP contribution is -2.57. The molecule has 1 fully saturated rings. The molecule has 0 bridgehead atoms. The summed E-state index contributed by atoms with van der Waals surface area (Å²) in [4.78, 5) is 30.6. The first-order valence-electron chi connectivity index (χ1n) is 8.91. The van der Waals surface area contributed by atoms with Gasteiger partial charge in [0, 0.05) is 43.0 Å². The Balaban J connectivity index is 1.78. The summed E-state index contributed by atoms with van der Waals surface area (Å²) in [5.41, 5.74) is 0.369. The molecule has 136 valence electrons. The molecule has 0 aliphatic carbocycles. The average Bonchev–Trinajstić information content (AvgIpc) is 3.12. The van der Waals surface area contributed by atoms with Crippen molar-refractivity contribution in [3.05, 3.63) is 23.2 Å². The summed E-state index contributed by atoms with van der Waals surface area (Å²) in [7, 11) is 0. The van der Waals surface area contributed by atoms with Crippen LogP contribution < -0.4 is 0 Å². The molecule has 1 aliphatic heterocycles. The third kappa shape index (κ3) is 3.19. The number of hydrogen-bond donors (Lipinski definition) is 0. The van der Waals surface area contributed by atoms with E-state index in [1.54, 1.807) is 11.3 Å². The molecule has 0 saturated carbocycles. The fourth-order valence-electron chi connectivity index (χ4n) is 3.50. The van der Waals surface area contributed by atoms with E-state index in [0.717, 1.165) is 22.5 Å². The highest BCUT2D eigenvalue weighted by Gasteiger charge is 2.35. The number of carbonyl (C=O) groups is 2. The first kappa shape index (κ1) is 18.0. The second-order valence-corrected chi connectivity index (χ2v) is 8.70. The van der Waals surface area contributed by atoms with Crippen molar-refractivity contribution < 1.29 is 9.59 Å². The Morgan fingerprint density at radius 3 is 2.60 bits per heavy atom. The first-order chi connectivity index (χ1) is 11.7. The van der Waals surface area contributed by atoms with E-state index in [2.05, 4.69) is 22.9 Å². The van der Waals surface area contributed by atoms with E-state index in [0.29, 0.717) is 19.6 Å². The maximum atomic E-state index is 13.1. The summed E-state index contributed by atoms with van der Waals surface area (Å²) >= 11 is 1.67. The summed E-state index contributed by atoms with van der Waals surface area (Å²) in [6, 6.07) is 4.09. The number of thiophene rings is 1. The molecule has 0 N–H and O–H groups in total. The summed E-state index contributed by atoms with van der Waals surface area (Å²) in [5.74, 6) is 0.226. The zero-order valence-corrected chi connectivity index (χ0v) is 16.5. The van der Waals surface area contributed by atoms with E-state index in [9.17, 15) is 9.59 Å². The molecule has 3 rings (SSSR count). The number of aromatic nitrogens is 1. The van der Waals surface area contributed by atoms with Crippen molar-refractivity contribution in [3.63, 3.8) is 0 Å². The van der Waals surface area contributed by atoms with Gasteiger partial charge in [0.25, 0.3) is 5.91 Å². The molecule has 0 unspecified atom stereocenters. The third-order valence-electron chi connectivity index (χ3n) is 4.85. The number of hydrogen-bond acceptors (Lipinski definition) is 3. The fourth-order valence-corrected chi connectivity index (χ4v) is 4.46. The van der Waals surface area contributed by atoms with Gasteiger partial charge in [0.15, 0.2) is 0 Å². The van der Waals surface area contributed by atoms with Crippen LogP contribution in [-0.2, 0) is 11.3 Å². The van der Waals surface area contributed by atoms with Crippen LogP contribution in [0.1, 0.15) is 45.1 Å². The van der Waals surface area contributed by atoms with E-state index >= 15 is 0 Å². The molecule has 1 saturated heterocycles. The highest BCUT2D eigenvalue weighted by molar-refractivity contribution is 7.16. The van der Waals surface area contributed by atoms with Gasteiger partial charge < -0.3 is 14.4 Å². The van der Waals surface area contributed by atoms with E-state index < -0.39 is 0 Å². The summed E-state index contributed by atoms with van der Waals surface area (Å²) in [6.45, 7) is 12.5. The molecule has 0 spiro atoms. The van der Waals surface area contributed by atoms with Gasteiger partial charge in [-0.05, 0) is 31.4 Å². The lowest BCUT2D eigenvalue weighted by atomic mass is 9.93. The summed E-state index contributed by atoms with van der Waals surface area (Å²) in [6.07, 6.45) is 0. The Bertz CT molecular complexity index is 799. The van der Waals surface area contributed by atoms with Crippen molar-refractivity contribution in [2.45, 2.75) is 47.2 Å². The molecule has 2 amide bonds. The molecule has 3 heterocycles. The number of carbonyl (C=O) groups excluding carboxylic acids is 2. The standard InChI is InChI=1S/C19H27N3O2S/c1-6-21-15(11-14-7-10-25-17(14)21)16(23)20-8-9-22(13(2)12-20)18(24)19(3,4)5/h7,10-11,13H,6,8-9,12H2,1-5H3/t13-/m1/s1. The Morgan fingerprint density at radius 1 is 1.28 bits per heavy atom. The topological polar surface area (TPSA) is 45.6 Å². The molecule has 5 nitrogen and oxygen atoms in total. The maximum absolute atomic E-state index is 13.1. The second-order valence-electron chi connectivity index (χ2n) is 7.80. The van der Waals surface area contributed by atoms with Crippen molar-refractivity contribution in [2.75, 3.05) is 19.6 Å². The minimum atomic E-state index is -0.387. The molecule has 25 heavy (non-hydrogen) atoms. The third-order valence-corrected chi connectivity index (χ3v) is 5.81. The molecule has 6 heteroatoms. The number of fused-ring (bicyclic) bond motifs is 1. The number of piperazine rings is 1. The van der Waals surface area contributed by atoms with Crippen LogP contribution in [0.25, 0.3) is 10.2 Å². The van der Waals surface area contributed by atoms with Gasteiger partial charge in [0.1, 0.15) is 10.5 Å². The lowest BCUT2D eigenvalue weighted by Gasteiger charge is -2.42. The Labute approximate surface area is 153 Å². The Hall–Kier alpha value is -1.82. The molecule has 0 radical (unpaired) electrons. The summed E-state index contributed by atoms with van der Waals surface area (Å²) in [5, 5.41) is 3.19. The van der Waals surface area contributed by atoms with E-state index in [-0.39, 0.29) is 23.3 Å². The van der Waals surface area contributed by atoms with Gasteiger partial charge in [-0.15, -0.1) is 11.3 Å². The molecule has 0 aromatic carbocycles. The number of rotatable bonds is 2. The van der Waals surface area contributed by atoms with Crippen molar-refractivity contribution in [3.8, 4) is 0 Å². The van der Waals surface area contributed by atoms with Gasteiger partial charge in [-0.3, -0.25) is 9.59 Å². The first-order valence-corrected chi connectivity index (χ1v) is 9.79. The van der Waals surface area contributed by atoms with Gasteiger partial charge in [-0.1, -0.05) is 20.8 Å². The molecular formula is C19H27N3O2S. The normalized spacial score (nSPS) is 18.8. The van der Waals surface area contributed by atoms with Gasteiger partial charge >= 0.3 is 0 Å². The zero-order valence-electron chi connectivity index (χ0n) is 15.7. The van der Waals surface area contributed by atoms with Gasteiger partial charge in [-0.2, -0.15) is 0 Å². The fraction of sp³-hybridized carbons (Fsp3) is 0.579. The van der Waals surface area contributed by atoms with E-state index in [1.807, 2.05) is 43.6 Å². The smallest absolute Gasteiger partial charge is 0.270 e. The van der Waals surface area contributed by atoms with Crippen molar-refractivity contribution >= 4 is 33.4 Å². The van der Waals surface area contributed by atoms with E-state index in [1.165, 1.54) is 0 Å². The van der Waals surface area contributed by atoms with Gasteiger partial charge in [-0.25, -0.2) is 0 Å². The van der Waals surface area contributed by atoms with Crippen LogP contribution in [0.5, 0.6) is 0 Å². The number of nitrogens with zero attached hydrogens (tertiary/aromatic N) is 3. The Morgan fingerprint density at radius 2 is 2.00 bits per heavy atom. The van der Waals surface area contributed by atoms with E-state index in [4.69, 9.17) is 0 Å². The SMILES string of the molecule is CCn1c(C(=O)N2CCN(C(=O)C(C)(C)C)[C@H](C)C2)cc2ccsc21. The second kappa shape index (κ2) is 6.48. The Kier molecular flexibility index (Phi) is 4.66. The molecule has 1 atom stereocenters. The molecule has 1 aliphatic rings. The molecule has 2 aromatic rings. The minimum Gasteiger partial charge on any atom is -0.336 e. The largest absolute Gasteiger partial charge is 0.336 e. The quantitative estimate of drug-likeness (QED) is 0.822. The van der Waals surface area contributed by atoms with Crippen LogP contribution in [0.15, 0.2) is 17.5 Å². The lowest BCUT2D eigenvalue weighted by molar-refractivity contribution is -0.143. The van der Waals surface area contributed by atoms with Crippen LogP contribution in [-0.4, -0.2) is 51.9 Å². The van der Waals surface area contributed by atoms with Crippen LogP contribution in [0, 0.1) is 5.41 Å². The van der Waals surface area contributed by atoms with Crippen LogP contribution in [0.4, 0.5) is 0 Å². The molecular weight excluding hydrogens is 334 g/mol. The predicted octanol–water partition coefficient (Wildman–Crippen LogP) is 3.44. The van der Waals surface area contributed by atoms with Crippen molar-refractivity contribution in [2.24, 2.45) is 5.41 Å². The van der Waals surface area contributed by atoms with Gasteiger partial charge in [0.2, 0.25) is 5.91 Å². The maximum Gasteiger partial charge on any atom is 0.270 e. The summed E-state index contributed by atoms with van der Waals surface area (Å²) < 4.78 is 2.10. The number of aryl methyl sites for hydroxylation is 1. The minimum absolute atomic E-state index is 0.0376.